The Bertz CT molecular complexity index is 1190. The highest BCUT2D eigenvalue weighted by atomic mass is 32.1. The first-order valence-electron chi connectivity index (χ1n) is 8.81. The quantitative estimate of drug-likeness (QED) is 0.362. The van der Waals surface area contributed by atoms with Gasteiger partial charge in [0.25, 0.3) is 11.6 Å². The number of benzene rings is 2. The van der Waals surface area contributed by atoms with Gasteiger partial charge in [-0.1, -0.05) is 29.0 Å². The van der Waals surface area contributed by atoms with Crippen LogP contribution in [0, 0.1) is 24.0 Å². The van der Waals surface area contributed by atoms with Gasteiger partial charge in [0.15, 0.2) is 4.80 Å². The van der Waals surface area contributed by atoms with Gasteiger partial charge in [-0.05, 0) is 31.5 Å². The maximum Gasteiger partial charge on any atom is 0.307 e. The summed E-state index contributed by atoms with van der Waals surface area (Å²) >= 11 is 1.17. The minimum Gasteiger partial charge on any atom is -0.469 e. The van der Waals surface area contributed by atoms with Gasteiger partial charge in [-0.3, -0.25) is 19.7 Å². The molecule has 0 fully saturated rings. The molecule has 1 amide bonds. The fourth-order valence-electron chi connectivity index (χ4n) is 2.98. The number of methoxy groups -OCH3 is 1. The molecule has 2 aromatic carbocycles. The zero-order chi connectivity index (χ0) is 21.1. The van der Waals surface area contributed by atoms with Crippen LogP contribution in [-0.2, 0) is 16.1 Å². The van der Waals surface area contributed by atoms with Crippen molar-refractivity contribution in [1.29, 1.82) is 0 Å². The van der Waals surface area contributed by atoms with Crippen molar-refractivity contribution >= 4 is 39.1 Å². The fourth-order valence-corrected chi connectivity index (χ4v) is 4.07. The van der Waals surface area contributed by atoms with E-state index in [0.717, 1.165) is 11.1 Å². The molecule has 3 aromatic rings. The second-order valence-electron chi connectivity index (χ2n) is 6.51. The van der Waals surface area contributed by atoms with Gasteiger partial charge in [-0.15, -0.1) is 0 Å². The van der Waals surface area contributed by atoms with Gasteiger partial charge in [-0.25, -0.2) is 0 Å². The lowest BCUT2D eigenvalue weighted by atomic mass is 10.1. The van der Waals surface area contributed by atoms with Gasteiger partial charge in [0.1, 0.15) is 0 Å². The van der Waals surface area contributed by atoms with Gasteiger partial charge < -0.3 is 9.30 Å². The molecule has 0 atom stereocenters. The zero-order valence-electron chi connectivity index (χ0n) is 16.2. The van der Waals surface area contributed by atoms with Crippen molar-refractivity contribution in [3.05, 3.63) is 68.0 Å². The first-order valence-corrected chi connectivity index (χ1v) is 9.62. The molecule has 0 saturated carbocycles. The summed E-state index contributed by atoms with van der Waals surface area (Å²) in [5, 5.41) is 11.1. The Morgan fingerprint density at radius 3 is 2.62 bits per heavy atom. The lowest BCUT2D eigenvalue weighted by molar-refractivity contribution is -0.384. The van der Waals surface area contributed by atoms with E-state index in [1.165, 1.54) is 30.6 Å². The molecule has 1 heterocycles. The number of aryl methyl sites for hydroxylation is 3. The Morgan fingerprint density at radius 2 is 1.97 bits per heavy atom. The number of nitro benzene ring substituents is 1. The fraction of sp³-hybridized carbons (Fsp3) is 0.250. The number of amides is 1. The predicted octanol–water partition coefficient (Wildman–Crippen LogP) is 3.53. The molecule has 1 aromatic heterocycles. The molecule has 0 aliphatic rings. The highest BCUT2D eigenvalue weighted by Gasteiger charge is 2.15. The van der Waals surface area contributed by atoms with Gasteiger partial charge in [0.05, 0.1) is 28.7 Å². The number of fused-ring (bicyclic) bond motifs is 1. The summed E-state index contributed by atoms with van der Waals surface area (Å²) in [6.07, 6.45) is 0.0876. The lowest BCUT2D eigenvalue weighted by Crippen LogP contribution is -2.19. The monoisotopic (exact) mass is 413 g/mol. The number of nitro groups is 1. The van der Waals surface area contributed by atoms with E-state index in [0.29, 0.717) is 20.6 Å². The average Bonchev–Trinajstić information content (AvgIpc) is 3.01. The SMILES string of the molecule is COC(=O)CCn1c(=NC(=O)c2ccc(C)cc2C)sc2cc([N+](=O)[O-])ccc21. The number of hydrogen-bond donors (Lipinski definition) is 0. The van der Waals surface area contributed by atoms with Crippen LogP contribution < -0.4 is 4.80 Å². The van der Waals surface area contributed by atoms with Gasteiger partial charge in [0, 0.05) is 24.2 Å². The van der Waals surface area contributed by atoms with Crippen LogP contribution in [0.1, 0.15) is 27.9 Å². The molecule has 0 spiro atoms. The first kappa shape index (κ1) is 20.4. The van der Waals surface area contributed by atoms with Gasteiger partial charge >= 0.3 is 5.97 Å². The normalized spacial score (nSPS) is 11.6. The summed E-state index contributed by atoms with van der Waals surface area (Å²) in [6.45, 7) is 4.02. The maximum absolute atomic E-state index is 12.8. The molecule has 0 unspecified atom stereocenters. The number of thiazole rings is 1. The van der Waals surface area contributed by atoms with Crippen LogP contribution >= 0.6 is 11.3 Å². The van der Waals surface area contributed by atoms with Gasteiger partial charge in [-0.2, -0.15) is 4.99 Å². The number of carbonyl (C=O) groups excluding carboxylic acids is 2. The summed E-state index contributed by atoms with van der Waals surface area (Å²) in [5.41, 5.74) is 2.96. The third-order valence-corrected chi connectivity index (χ3v) is 5.50. The summed E-state index contributed by atoms with van der Waals surface area (Å²) in [4.78, 5) is 39.6. The molecular formula is C20H19N3O5S. The van der Waals surface area contributed by atoms with E-state index >= 15 is 0 Å². The Labute approximate surface area is 170 Å². The van der Waals surface area contributed by atoms with Crippen molar-refractivity contribution in [2.45, 2.75) is 26.8 Å². The van der Waals surface area contributed by atoms with Crippen LogP contribution in [0.3, 0.4) is 0 Å². The van der Waals surface area contributed by atoms with E-state index in [-0.39, 0.29) is 18.7 Å². The van der Waals surface area contributed by atoms with Crippen molar-refractivity contribution in [2.24, 2.45) is 4.99 Å². The van der Waals surface area contributed by atoms with Crippen LogP contribution in [-0.4, -0.2) is 28.5 Å². The highest BCUT2D eigenvalue weighted by Crippen LogP contribution is 2.23. The van der Waals surface area contributed by atoms with Gasteiger partial charge in [0.2, 0.25) is 0 Å². The topological polar surface area (TPSA) is 104 Å². The van der Waals surface area contributed by atoms with Crippen molar-refractivity contribution in [3.8, 4) is 0 Å². The number of non-ortho nitro benzene ring substituents is 1. The van der Waals surface area contributed by atoms with Crippen LogP contribution in [0.5, 0.6) is 0 Å². The summed E-state index contributed by atoms with van der Waals surface area (Å²) in [5.74, 6) is -0.805. The van der Waals surface area contributed by atoms with Crippen molar-refractivity contribution in [3.63, 3.8) is 0 Å². The third kappa shape index (κ3) is 4.40. The van der Waals surface area contributed by atoms with E-state index in [2.05, 4.69) is 4.99 Å². The smallest absolute Gasteiger partial charge is 0.307 e. The number of aromatic nitrogens is 1. The van der Waals surface area contributed by atoms with E-state index < -0.39 is 16.8 Å². The lowest BCUT2D eigenvalue weighted by Gasteiger charge is -2.05. The van der Waals surface area contributed by atoms with Crippen molar-refractivity contribution in [1.82, 2.24) is 4.57 Å². The second kappa shape index (κ2) is 8.36. The molecule has 8 nitrogen and oxygen atoms in total. The number of rotatable bonds is 5. The molecule has 9 heteroatoms. The minimum atomic E-state index is -0.477. The van der Waals surface area contributed by atoms with Crippen molar-refractivity contribution < 1.29 is 19.2 Å². The molecule has 0 saturated heterocycles. The Morgan fingerprint density at radius 1 is 1.21 bits per heavy atom. The van der Waals surface area contributed by atoms with Crippen LogP contribution in [0.4, 0.5) is 5.69 Å². The molecule has 150 valence electrons. The Balaban J connectivity index is 2.12. The van der Waals surface area contributed by atoms with Crippen LogP contribution in [0.2, 0.25) is 0 Å². The first-order chi connectivity index (χ1) is 13.8. The standard InChI is InChI=1S/C20H19N3O5S/c1-12-4-6-15(13(2)10-12)19(25)21-20-22(9-8-18(24)28-3)16-7-5-14(23(26)27)11-17(16)29-20/h4-7,10-11H,8-9H2,1-3H3. The molecule has 29 heavy (non-hydrogen) atoms. The molecular weight excluding hydrogens is 394 g/mol. The van der Waals surface area contributed by atoms with Crippen LogP contribution in [0.25, 0.3) is 10.2 Å². The molecule has 0 N–H and O–H groups in total. The molecule has 0 aliphatic heterocycles. The number of hydrogen-bond acceptors (Lipinski definition) is 6. The number of carbonyl (C=O) groups is 2. The molecule has 0 bridgehead atoms. The number of nitrogens with zero attached hydrogens (tertiary/aromatic N) is 3. The minimum absolute atomic E-state index is 0.0499. The summed E-state index contributed by atoms with van der Waals surface area (Å²) in [6, 6.07) is 9.90. The zero-order valence-corrected chi connectivity index (χ0v) is 17.0. The van der Waals surface area contributed by atoms with E-state index in [1.54, 1.807) is 16.7 Å². The van der Waals surface area contributed by atoms with Crippen molar-refractivity contribution in [2.75, 3.05) is 7.11 Å². The van der Waals surface area contributed by atoms with E-state index in [1.807, 2.05) is 26.0 Å². The maximum atomic E-state index is 12.8. The molecule has 3 rings (SSSR count). The highest BCUT2D eigenvalue weighted by molar-refractivity contribution is 7.16. The second-order valence-corrected chi connectivity index (χ2v) is 7.52. The predicted molar refractivity (Wildman–Crippen MR) is 109 cm³/mol. The Hall–Kier alpha value is -3.33. The summed E-state index contributed by atoms with van der Waals surface area (Å²) < 4.78 is 7.01. The largest absolute Gasteiger partial charge is 0.469 e. The van der Waals surface area contributed by atoms with E-state index in [4.69, 9.17) is 4.74 Å². The molecule has 0 radical (unpaired) electrons. The number of ether oxygens (including phenoxy) is 1. The third-order valence-electron chi connectivity index (χ3n) is 4.45. The van der Waals surface area contributed by atoms with E-state index in [9.17, 15) is 19.7 Å². The summed E-state index contributed by atoms with van der Waals surface area (Å²) in [7, 11) is 1.30. The Kier molecular flexibility index (Phi) is 5.88. The van der Waals surface area contributed by atoms with Crippen LogP contribution in [0.15, 0.2) is 41.4 Å². The average molecular weight is 413 g/mol. The molecule has 0 aliphatic carbocycles. The number of esters is 1.